The number of carboxylic acids is 1. The van der Waals surface area contributed by atoms with Gasteiger partial charge in [0.2, 0.25) is 5.91 Å². The van der Waals surface area contributed by atoms with Gasteiger partial charge in [-0.2, -0.15) is 0 Å². The summed E-state index contributed by atoms with van der Waals surface area (Å²) in [7, 11) is 0. The molecule has 2 aliphatic rings. The molecule has 2 aromatic rings. The fraction of sp³-hybridized carbons (Fsp3) is 0.619. The highest BCUT2D eigenvalue weighted by Gasteiger charge is 2.27. The maximum absolute atomic E-state index is 12.3. The van der Waals surface area contributed by atoms with Crippen LogP contribution in [0.3, 0.4) is 0 Å². The van der Waals surface area contributed by atoms with Crippen molar-refractivity contribution >= 4 is 39.2 Å². The molecule has 8 heteroatoms. The lowest BCUT2D eigenvalue weighted by Crippen LogP contribution is -2.49. The molecular weight excluding hydrogens is 388 g/mol. The normalized spacial score (nSPS) is 17.1. The molecule has 0 radical (unpaired) electrons. The van der Waals surface area contributed by atoms with E-state index in [0.29, 0.717) is 26.2 Å². The molecule has 0 atom stereocenters. The third-order valence-corrected chi connectivity index (χ3v) is 7.00. The minimum Gasteiger partial charge on any atom is -0.481 e. The van der Waals surface area contributed by atoms with Gasteiger partial charge in [-0.25, -0.2) is 9.97 Å². The summed E-state index contributed by atoms with van der Waals surface area (Å²) in [5.74, 6) is 1.16. The highest BCUT2D eigenvalue weighted by molar-refractivity contribution is 7.19. The minimum absolute atomic E-state index is 0.0720. The number of carboxylic acid groups (broad SMARTS) is 1. The number of rotatable bonds is 5. The van der Waals surface area contributed by atoms with Crippen molar-refractivity contribution in [2.75, 3.05) is 31.1 Å². The van der Waals surface area contributed by atoms with E-state index in [9.17, 15) is 9.59 Å². The van der Waals surface area contributed by atoms with Crippen LogP contribution in [0.25, 0.3) is 10.2 Å². The number of piperazine rings is 1. The van der Waals surface area contributed by atoms with Crippen LogP contribution in [0.4, 0.5) is 5.82 Å². The smallest absolute Gasteiger partial charge is 0.303 e. The third-order valence-electron chi connectivity index (χ3n) is 5.81. The molecule has 1 N–H and O–H groups in total. The number of anilines is 1. The van der Waals surface area contributed by atoms with Crippen molar-refractivity contribution in [2.24, 2.45) is 0 Å². The summed E-state index contributed by atoms with van der Waals surface area (Å²) in [5, 5.41) is 10.0. The summed E-state index contributed by atoms with van der Waals surface area (Å²) >= 11 is 1.83. The molecule has 3 heterocycles. The van der Waals surface area contributed by atoms with E-state index in [0.717, 1.165) is 29.3 Å². The number of nitrogens with zero attached hydrogens (tertiary/aromatic N) is 4. The maximum Gasteiger partial charge on any atom is 0.303 e. The maximum atomic E-state index is 12.3. The van der Waals surface area contributed by atoms with E-state index >= 15 is 0 Å². The number of hydrogen-bond donors (Lipinski definition) is 1. The first kappa shape index (κ1) is 20.1. The molecule has 1 aliphatic heterocycles. The Morgan fingerprint density at radius 1 is 1.07 bits per heavy atom. The second-order valence-electron chi connectivity index (χ2n) is 8.21. The molecule has 2 aromatic heterocycles. The SMILES string of the molecule is CC(C)c1nc(N2CCN(C(=O)CCC(=O)O)CC2)c2c3c(sc2n1)CCCC3. The number of aryl methyl sites for hydroxylation is 2. The molecular formula is C21H28N4O3S. The molecule has 0 bridgehead atoms. The van der Waals surface area contributed by atoms with Crippen LogP contribution < -0.4 is 4.90 Å². The zero-order chi connectivity index (χ0) is 20.5. The third kappa shape index (κ3) is 4.08. The average Bonchev–Trinajstić information content (AvgIpc) is 3.10. The van der Waals surface area contributed by atoms with Crippen LogP contribution in [-0.4, -0.2) is 58.0 Å². The van der Waals surface area contributed by atoms with Gasteiger partial charge >= 0.3 is 5.97 Å². The predicted octanol–water partition coefficient (Wildman–Crippen LogP) is 3.21. The summed E-state index contributed by atoms with van der Waals surface area (Å²) in [4.78, 5) is 39.5. The average molecular weight is 417 g/mol. The lowest BCUT2D eigenvalue weighted by Gasteiger charge is -2.36. The number of hydrogen-bond acceptors (Lipinski definition) is 6. The Balaban J connectivity index is 1.60. The van der Waals surface area contributed by atoms with E-state index in [4.69, 9.17) is 15.1 Å². The van der Waals surface area contributed by atoms with Gasteiger partial charge in [-0.05, 0) is 31.2 Å². The Kier molecular flexibility index (Phi) is 5.72. The summed E-state index contributed by atoms with van der Waals surface area (Å²) in [6.07, 6.45) is 4.67. The van der Waals surface area contributed by atoms with Crippen LogP contribution >= 0.6 is 11.3 Å². The van der Waals surface area contributed by atoms with Crippen molar-refractivity contribution in [3.05, 3.63) is 16.3 Å². The van der Waals surface area contributed by atoms with Gasteiger partial charge < -0.3 is 14.9 Å². The van der Waals surface area contributed by atoms with E-state index < -0.39 is 5.97 Å². The monoisotopic (exact) mass is 416 g/mol. The molecule has 156 valence electrons. The van der Waals surface area contributed by atoms with Gasteiger partial charge in [-0.15, -0.1) is 11.3 Å². The lowest BCUT2D eigenvalue weighted by molar-refractivity contribution is -0.141. The fourth-order valence-electron chi connectivity index (χ4n) is 4.18. The Labute approximate surface area is 174 Å². The summed E-state index contributed by atoms with van der Waals surface area (Å²) in [6, 6.07) is 0. The van der Waals surface area contributed by atoms with Crippen molar-refractivity contribution in [1.82, 2.24) is 14.9 Å². The van der Waals surface area contributed by atoms with E-state index in [1.54, 1.807) is 4.90 Å². The molecule has 1 saturated heterocycles. The van der Waals surface area contributed by atoms with Crippen LogP contribution in [-0.2, 0) is 22.4 Å². The zero-order valence-corrected chi connectivity index (χ0v) is 17.9. The Morgan fingerprint density at radius 2 is 1.79 bits per heavy atom. The highest BCUT2D eigenvalue weighted by Crippen LogP contribution is 2.40. The second kappa shape index (κ2) is 8.26. The molecule has 1 amide bonds. The summed E-state index contributed by atoms with van der Waals surface area (Å²) in [5.41, 5.74) is 1.43. The molecule has 7 nitrogen and oxygen atoms in total. The van der Waals surface area contributed by atoms with Gasteiger partial charge in [-0.3, -0.25) is 9.59 Å². The van der Waals surface area contributed by atoms with Gasteiger partial charge in [0.25, 0.3) is 0 Å². The highest BCUT2D eigenvalue weighted by atomic mass is 32.1. The van der Waals surface area contributed by atoms with Gasteiger partial charge in [-0.1, -0.05) is 13.8 Å². The van der Waals surface area contributed by atoms with Crippen molar-refractivity contribution in [2.45, 2.75) is 58.3 Å². The van der Waals surface area contributed by atoms with E-state index in [2.05, 4.69) is 18.7 Å². The number of amides is 1. The van der Waals surface area contributed by atoms with Crippen molar-refractivity contribution < 1.29 is 14.7 Å². The fourth-order valence-corrected chi connectivity index (χ4v) is 5.44. The van der Waals surface area contributed by atoms with Gasteiger partial charge in [0.05, 0.1) is 11.8 Å². The topological polar surface area (TPSA) is 86.6 Å². The number of aliphatic carboxylic acids is 1. The first-order chi connectivity index (χ1) is 13.9. The van der Waals surface area contributed by atoms with E-state index in [1.165, 1.54) is 28.7 Å². The zero-order valence-electron chi connectivity index (χ0n) is 17.1. The van der Waals surface area contributed by atoms with Crippen molar-refractivity contribution in [1.29, 1.82) is 0 Å². The summed E-state index contributed by atoms with van der Waals surface area (Å²) < 4.78 is 0. The summed E-state index contributed by atoms with van der Waals surface area (Å²) in [6.45, 7) is 6.88. The number of thiophene rings is 1. The molecule has 4 rings (SSSR count). The van der Waals surface area contributed by atoms with Crippen LogP contribution in [0.1, 0.15) is 61.7 Å². The predicted molar refractivity (Wildman–Crippen MR) is 114 cm³/mol. The Hall–Kier alpha value is -2.22. The van der Waals surface area contributed by atoms with Crippen LogP contribution in [0, 0.1) is 0 Å². The van der Waals surface area contributed by atoms with Gasteiger partial charge in [0.15, 0.2) is 0 Å². The number of aromatic nitrogens is 2. The molecule has 29 heavy (non-hydrogen) atoms. The molecule has 1 aliphatic carbocycles. The standard InChI is InChI=1S/C21H28N4O3S/c1-13(2)19-22-20(18-14-5-3-4-6-15(14)29-21(18)23-19)25-11-9-24(10-12-25)16(26)7-8-17(27)28/h13H,3-12H2,1-2H3,(H,27,28). The number of carbonyl (C=O) groups excluding carboxylic acids is 1. The Morgan fingerprint density at radius 3 is 2.48 bits per heavy atom. The van der Waals surface area contributed by atoms with E-state index in [-0.39, 0.29) is 24.7 Å². The first-order valence-corrected chi connectivity index (χ1v) is 11.3. The van der Waals surface area contributed by atoms with Gasteiger partial charge in [0, 0.05) is 43.4 Å². The van der Waals surface area contributed by atoms with E-state index in [1.807, 2.05) is 11.3 Å². The van der Waals surface area contributed by atoms with Crippen molar-refractivity contribution in [3.63, 3.8) is 0 Å². The molecule has 1 fully saturated rings. The van der Waals surface area contributed by atoms with Crippen LogP contribution in [0.2, 0.25) is 0 Å². The number of fused-ring (bicyclic) bond motifs is 3. The van der Waals surface area contributed by atoms with Gasteiger partial charge in [0.1, 0.15) is 16.5 Å². The molecule has 0 aromatic carbocycles. The quantitative estimate of drug-likeness (QED) is 0.805. The second-order valence-corrected chi connectivity index (χ2v) is 9.30. The molecule has 0 unspecified atom stereocenters. The first-order valence-electron chi connectivity index (χ1n) is 10.5. The molecule has 0 spiro atoms. The van der Waals surface area contributed by atoms with Crippen LogP contribution in [0.15, 0.2) is 0 Å². The number of carbonyl (C=O) groups is 2. The molecule has 0 saturated carbocycles. The van der Waals surface area contributed by atoms with Crippen molar-refractivity contribution in [3.8, 4) is 0 Å². The largest absolute Gasteiger partial charge is 0.481 e. The minimum atomic E-state index is -0.927. The Bertz CT molecular complexity index is 932. The van der Waals surface area contributed by atoms with Crippen LogP contribution in [0.5, 0.6) is 0 Å². The lowest BCUT2D eigenvalue weighted by atomic mass is 9.96.